The second-order valence-electron chi connectivity index (χ2n) is 5.66. The van der Waals surface area contributed by atoms with Gasteiger partial charge in [0.2, 0.25) is 11.6 Å². The van der Waals surface area contributed by atoms with Gasteiger partial charge in [-0.15, -0.1) is 0 Å². The van der Waals surface area contributed by atoms with Crippen molar-refractivity contribution in [2.75, 3.05) is 13.7 Å². The Labute approximate surface area is 158 Å². The number of furan rings is 1. The van der Waals surface area contributed by atoms with Crippen molar-refractivity contribution in [2.24, 2.45) is 0 Å². The monoisotopic (exact) mass is 419 g/mol. The van der Waals surface area contributed by atoms with E-state index < -0.39 is 0 Å². The molecule has 1 aromatic carbocycles. The largest absolute Gasteiger partial charge is 0.496 e. The second kappa shape index (κ2) is 7.74. The summed E-state index contributed by atoms with van der Waals surface area (Å²) in [5.41, 5.74) is 2.21. The molecule has 1 N–H and O–H groups in total. The van der Waals surface area contributed by atoms with Crippen molar-refractivity contribution < 1.29 is 18.7 Å². The number of nitrogens with zero attached hydrogens (tertiary/aromatic N) is 2. The lowest BCUT2D eigenvalue weighted by molar-refractivity contribution is -0.123. The molecule has 2 aromatic heterocycles. The predicted octanol–water partition coefficient (Wildman–Crippen LogP) is 3.31. The lowest BCUT2D eigenvalue weighted by Gasteiger charge is -2.11. The summed E-state index contributed by atoms with van der Waals surface area (Å²) in [4.78, 5) is 20.3. The van der Waals surface area contributed by atoms with E-state index in [-0.39, 0.29) is 12.5 Å². The van der Waals surface area contributed by atoms with Crippen molar-refractivity contribution >= 4 is 32.9 Å². The Kier molecular flexibility index (Phi) is 5.41. The van der Waals surface area contributed by atoms with Gasteiger partial charge in [-0.3, -0.25) is 4.79 Å². The number of ether oxygens (including phenoxy) is 2. The zero-order valence-electron chi connectivity index (χ0n) is 14.6. The number of carbonyl (C=O) groups is 1. The van der Waals surface area contributed by atoms with Crippen molar-refractivity contribution in [3.05, 3.63) is 45.9 Å². The Morgan fingerprint density at radius 2 is 2.12 bits per heavy atom. The van der Waals surface area contributed by atoms with Crippen LogP contribution in [0.15, 0.2) is 33.4 Å². The topological polar surface area (TPSA) is 86.5 Å². The quantitative estimate of drug-likeness (QED) is 0.659. The first kappa shape index (κ1) is 18.2. The van der Waals surface area contributed by atoms with Gasteiger partial charge < -0.3 is 19.2 Å². The standard InChI is InChI=1S/C18H18BrN3O4/c1-10-11(2)26-18-16(10)17(21-9-22-18)25-8-15(23)20-7-12-6-13(19)4-5-14(12)24-3/h4-6,9H,7-8H2,1-3H3,(H,20,23). The molecular formula is C18H18BrN3O4. The summed E-state index contributed by atoms with van der Waals surface area (Å²) in [7, 11) is 1.59. The van der Waals surface area contributed by atoms with Crippen LogP contribution in [-0.2, 0) is 11.3 Å². The van der Waals surface area contributed by atoms with Crippen molar-refractivity contribution in [3.63, 3.8) is 0 Å². The molecule has 0 radical (unpaired) electrons. The number of nitrogens with one attached hydrogen (secondary N) is 1. The van der Waals surface area contributed by atoms with Crippen molar-refractivity contribution in [2.45, 2.75) is 20.4 Å². The highest BCUT2D eigenvalue weighted by Crippen LogP contribution is 2.29. The van der Waals surface area contributed by atoms with Crippen LogP contribution in [0.2, 0.25) is 0 Å². The average molecular weight is 420 g/mol. The third kappa shape index (κ3) is 3.80. The number of fused-ring (bicyclic) bond motifs is 1. The van der Waals surface area contributed by atoms with Crippen LogP contribution in [0.3, 0.4) is 0 Å². The molecule has 0 bridgehead atoms. The van der Waals surface area contributed by atoms with Crippen LogP contribution in [0, 0.1) is 13.8 Å². The minimum atomic E-state index is -0.267. The first-order valence-electron chi connectivity index (χ1n) is 7.92. The SMILES string of the molecule is COc1ccc(Br)cc1CNC(=O)COc1ncnc2oc(C)c(C)c12. The summed E-state index contributed by atoms with van der Waals surface area (Å²) in [6.45, 7) is 3.91. The van der Waals surface area contributed by atoms with Gasteiger partial charge in [-0.05, 0) is 32.0 Å². The predicted molar refractivity (Wildman–Crippen MR) is 99.3 cm³/mol. The second-order valence-corrected chi connectivity index (χ2v) is 6.58. The van der Waals surface area contributed by atoms with E-state index >= 15 is 0 Å². The molecule has 136 valence electrons. The van der Waals surface area contributed by atoms with Crippen LogP contribution in [0.25, 0.3) is 11.1 Å². The molecule has 0 aliphatic rings. The van der Waals surface area contributed by atoms with Crippen LogP contribution >= 0.6 is 15.9 Å². The Morgan fingerprint density at radius 3 is 2.88 bits per heavy atom. The van der Waals surface area contributed by atoms with Crippen LogP contribution in [0.4, 0.5) is 0 Å². The van der Waals surface area contributed by atoms with E-state index in [2.05, 4.69) is 31.2 Å². The molecular weight excluding hydrogens is 402 g/mol. The third-order valence-corrected chi connectivity index (χ3v) is 4.48. The highest BCUT2D eigenvalue weighted by molar-refractivity contribution is 9.10. The zero-order valence-corrected chi connectivity index (χ0v) is 16.2. The Morgan fingerprint density at radius 1 is 1.31 bits per heavy atom. The van der Waals surface area contributed by atoms with Gasteiger partial charge in [-0.1, -0.05) is 15.9 Å². The first-order valence-corrected chi connectivity index (χ1v) is 8.71. The molecule has 1 amide bonds. The van der Waals surface area contributed by atoms with Crippen molar-refractivity contribution in [3.8, 4) is 11.6 Å². The van der Waals surface area contributed by atoms with E-state index in [1.165, 1.54) is 6.33 Å². The molecule has 0 saturated heterocycles. The van der Waals surface area contributed by atoms with Gasteiger partial charge in [0.15, 0.2) is 6.61 Å². The fourth-order valence-electron chi connectivity index (χ4n) is 2.52. The number of methoxy groups -OCH3 is 1. The van der Waals surface area contributed by atoms with Crippen LogP contribution < -0.4 is 14.8 Å². The maximum atomic E-state index is 12.1. The van der Waals surface area contributed by atoms with E-state index in [1.54, 1.807) is 7.11 Å². The third-order valence-electron chi connectivity index (χ3n) is 3.99. The van der Waals surface area contributed by atoms with E-state index in [0.29, 0.717) is 29.3 Å². The fraction of sp³-hybridized carbons (Fsp3) is 0.278. The number of aryl methyl sites for hydroxylation is 2. The number of rotatable bonds is 6. The smallest absolute Gasteiger partial charge is 0.258 e. The average Bonchev–Trinajstić information content (AvgIpc) is 2.93. The highest BCUT2D eigenvalue weighted by atomic mass is 79.9. The zero-order chi connectivity index (χ0) is 18.7. The van der Waals surface area contributed by atoms with E-state index in [9.17, 15) is 4.79 Å². The van der Waals surface area contributed by atoms with Gasteiger partial charge >= 0.3 is 0 Å². The lowest BCUT2D eigenvalue weighted by atomic mass is 10.2. The number of benzene rings is 1. The van der Waals surface area contributed by atoms with Gasteiger partial charge in [-0.2, -0.15) is 0 Å². The fourth-order valence-corrected chi connectivity index (χ4v) is 2.93. The highest BCUT2D eigenvalue weighted by Gasteiger charge is 2.16. The lowest BCUT2D eigenvalue weighted by Crippen LogP contribution is -2.28. The molecule has 0 fully saturated rings. The summed E-state index contributed by atoms with van der Waals surface area (Å²) in [5, 5.41) is 3.49. The van der Waals surface area contributed by atoms with Crippen molar-refractivity contribution in [1.82, 2.24) is 15.3 Å². The molecule has 0 saturated carbocycles. The summed E-state index contributed by atoms with van der Waals surface area (Å²) in [6.07, 6.45) is 1.35. The van der Waals surface area contributed by atoms with Crippen LogP contribution in [0.5, 0.6) is 11.6 Å². The molecule has 0 unspecified atom stereocenters. The number of aromatic nitrogens is 2. The summed E-state index contributed by atoms with van der Waals surface area (Å²) < 4.78 is 17.3. The molecule has 2 heterocycles. The van der Waals surface area contributed by atoms with Gasteiger partial charge in [0, 0.05) is 22.1 Å². The molecule has 3 aromatic rings. The van der Waals surface area contributed by atoms with Crippen LogP contribution in [0.1, 0.15) is 16.9 Å². The van der Waals surface area contributed by atoms with Gasteiger partial charge in [0.1, 0.15) is 23.2 Å². The summed E-state index contributed by atoms with van der Waals surface area (Å²) in [5.74, 6) is 1.52. The summed E-state index contributed by atoms with van der Waals surface area (Å²) in [6, 6.07) is 5.61. The minimum absolute atomic E-state index is 0.161. The van der Waals surface area contributed by atoms with Crippen LogP contribution in [-0.4, -0.2) is 29.6 Å². The number of amides is 1. The molecule has 0 spiro atoms. The van der Waals surface area contributed by atoms with Crippen molar-refractivity contribution in [1.29, 1.82) is 0 Å². The Bertz CT molecular complexity index is 955. The van der Waals surface area contributed by atoms with Gasteiger partial charge in [0.25, 0.3) is 5.91 Å². The van der Waals surface area contributed by atoms with Gasteiger partial charge in [0.05, 0.1) is 7.11 Å². The molecule has 3 rings (SSSR count). The number of hydrogen-bond donors (Lipinski definition) is 1. The molecule has 8 heteroatoms. The molecule has 0 aliphatic carbocycles. The number of halogens is 1. The van der Waals surface area contributed by atoms with E-state index in [4.69, 9.17) is 13.9 Å². The van der Waals surface area contributed by atoms with Gasteiger partial charge in [-0.25, -0.2) is 9.97 Å². The number of carbonyl (C=O) groups excluding carboxylic acids is 1. The molecule has 0 atom stereocenters. The Balaban J connectivity index is 1.64. The number of hydrogen-bond acceptors (Lipinski definition) is 6. The first-order chi connectivity index (χ1) is 12.5. The Hall–Kier alpha value is -2.61. The normalized spacial score (nSPS) is 10.8. The molecule has 26 heavy (non-hydrogen) atoms. The van der Waals surface area contributed by atoms with E-state index in [0.717, 1.165) is 21.4 Å². The van der Waals surface area contributed by atoms with E-state index in [1.807, 2.05) is 32.0 Å². The molecule has 0 aliphatic heterocycles. The summed E-state index contributed by atoms with van der Waals surface area (Å²) >= 11 is 3.41. The maximum Gasteiger partial charge on any atom is 0.258 e. The minimum Gasteiger partial charge on any atom is -0.496 e. The maximum absolute atomic E-state index is 12.1. The molecule has 7 nitrogen and oxygen atoms in total.